The Bertz CT molecular complexity index is 962. The van der Waals surface area contributed by atoms with Crippen LogP contribution in [0.15, 0.2) is 23.0 Å². The highest BCUT2D eigenvalue weighted by Gasteiger charge is 2.23. The average Bonchev–Trinajstić information content (AvgIpc) is 3.40. The Labute approximate surface area is 182 Å². The molecule has 0 spiro atoms. The third kappa shape index (κ3) is 5.02. The Kier molecular flexibility index (Phi) is 6.71. The van der Waals surface area contributed by atoms with Crippen molar-refractivity contribution in [2.75, 3.05) is 26.3 Å². The molecule has 2 saturated heterocycles. The highest BCUT2D eigenvalue weighted by molar-refractivity contribution is 7.80. The van der Waals surface area contributed by atoms with Gasteiger partial charge in [0.15, 0.2) is 5.11 Å². The first-order valence-corrected chi connectivity index (χ1v) is 11.3. The fourth-order valence-corrected chi connectivity index (χ4v) is 4.63. The molecule has 1 aromatic heterocycles. The van der Waals surface area contributed by atoms with E-state index in [9.17, 15) is 4.79 Å². The maximum absolute atomic E-state index is 12.8. The van der Waals surface area contributed by atoms with E-state index in [0.29, 0.717) is 30.3 Å². The van der Waals surface area contributed by atoms with Crippen LogP contribution in [-0.4, -0.2) is 53.5 Å². The minimum Gasteiger partial charge on any atom is -0.376 e. The van der Waals surface area contributed by atoms with Crippen LogP contribution in [0.3, 0.4) is 0 Å². The molecule has 0 saturated carbocycles. The Morgan fingerprint density at radius 3 is 2.60 bits per heavy atom. The third-order valence-electron chi connectivity index (χ3n) is 5.99. The summed E-state index contributed by atoms with van der Waals surface area (Å²) < 4.78 is 11.5. The quantitative estimate of drug-likeness (QED) is 0.688. The van der Waals surface area contributed by atoms with Crippen LogP contribution in [0.5, 0.6) is 0 Å². The van der Waals surface area contributed by atoms with E-state index in [1.165, 1.54) is 0 Å². The van der Waals surface area contributed by atoms with Gasteiger partial charge in [-0.2, -0.15) is 0 Å². The van der Waals surface area contributed by atoms with Gasteiger partial charge in [-0.05, 0) is 75.0 Å². The topological polar surface area (TPSA) is 66.6 Å². The van der Waals surface area contributed by atoms with Gasteiger partial charge in [0.05, 0.1) is 18.8 Å². The Morgan fingerprint density at radius 2 is 1.90 bits per heavy atom. The summed E-state index contributed by atoms with van der Waals surface area (Å²) >= 11 is 5.72. The number of fused-ring (bicyclic) bond motifs is 1. The number of aryl methyl sites for hydroxylation is 2. The van der Waals surface area contributed by atoms with Crippen molar-refractivity contribution in [2.24, 2.45) is 0 Å². The van der Waals surface area contributed by atoms with Crippen LogP contribution in [0.25, 0.3) is 10.9 Å². The lowest BCUT2D eigenvalue weighted by Crippen LogP contribution is -2.45. The third-order valence-corrected chi connectivity index (χ3v) is 6.39. The minimum absolute atomic E-state index is 0.0632. The number of rotatable bonds is 6. The van der Waals surface area contributed by atoms with Gasteiger partial charge in [-0.25, -0.2) is 0 Å². The van der Waals surface area contributed by atoms with Crippen LogP contribution < -0.4 is 10.9 Å². The van der Waals surface area contributed by atoms with Crippen LogP contribution in [-0.2, 0) is 16.0 Å². The predicted molar refractivity (Wildman–Crippen MR) is 123 cm³/mol. The van der Waals surface area contributed by atoms with E-state index < -0.39 is 0 Å². The summed E-state index contributed by atoms with van der Waals surface area (Å²) in [7, 11) is 0. The molecule has 0 amide bonds. The largest absolute Gasteiger partial charge is 0.376 e. The molecule has 2 N–H and O–H groups in total. The lowest BCUT2D eigenvalue weighted by Gasteiger charge is -2.29. The van der Waals surface area contributed by atoms with Crippen molar-refractivity contribution in [1.29, 1.82) is 0 Å². The van der Waals surface area contributed by atoms with E-state index in [1.807, 2.05) is 19.1 Å². The van der Waals surface area contributed by atoms with Gasteiger partial charge in [0.25, 0.3) is 5.56 Å². The smallest absolute Gasteiger partial charge is 0.253 e. The molecule has 162 valence electrons. The number of hydrogen-bond donors (Lipinski definition) is 2. The molecular weight excluding hydrogens is 398 g/mol. The number of aromatic nitrogens is 1. The van der Waals surface area contributed by atoms with Crippen LogP contribution >= 0.6 is 12.2 Å². The molecule has 0 bridgehead atoms. The Hall–Kier alpha value is -1.96. The predicted octanol–water partition coefficient (Wildman–Crippen LogP) is 3.18. The minimum atomic E-state index is -0.0632. The van der Waals surface area contributed by atoms with Crippen LogP contribution in [0, 0.1) is 13.8 Å². The highest BCUT2D eigenvalue weighted by atomic mass is 32.1. The van der Waals surface area contributed by atoms with Crippen molar-refractivity contribution in [1.82, 2.24) is 15.2 Å². The fourth-order valence-electron chi connectivity index (χ4n) is 4.41. The van der Waals surface area contributed by atoms with Crippen molar-refractivity contribution in [3.8, 4) is 0 Å². The SMILES string of the molecule is Cc1cc(C)c2cc(CN(CC3CCCO3)C(=S)NCC3CCCO3)c(=O)[nH]c2c1. The van der Waals surface area contributed by atoms with Crippen LogP contribution in [0.1, 0.15) is 42.4 Å². The summed E-state index contributed by atoms with van der Waals surface area (Å²) in [5, 5.41) is 5.09. The number of pyridine rings is 1. The van der Waals surface area contributed by atoms with E-state index in [-0.39, 0.29) is 17.8 Å². The first-order chi connectivity index (χ1) is 14.5. The van der Waals surface area contributed by atoms with E-state index in [4.69, 9.17) is 21.7 Å². The maximum Gasteiger partial charge on any atom is 0.253 e. The molecule has 7 heteroatoms. The zero-order valence-electron chi connectivity index (χ0n) is 17.8. The van der Waals surface area contributed by atoms with E-state index in [2.05, 4.69) is 28.2 Å². The standard InChI is InChI=1S/C23H31N3O3S/c1-15-9-16(2)20-11-17(22(27)25-21(20)10-15)13-26(14-19-6-4-8-29-19)23(30)24-12-18-5-3-7-28-18/h9-11,18-19H,3-8,12-14H2,1-2H3,(H,24,30)(H,25,27). The highest BCUT2D eigenvalue weighted by Crippen LogP contribution is 2.20. The van der Waals surface area contributed by atoms with Crippen LogP contribution in [0.4, 0.5) is 0 Å². The van der Waals surface area contributed by atoms with E-state index in [1.54, 1.807) is 0 Å². The van der Waals surface area contributed by atoms with Gasteiger partial charge < -0.3 is 24.7 Å². The molecule has 2 aliphatic rings. The molecule has 2 atom stereocenters. The average molecular weight is 430 g/mol. The maximum atomic E-state index is 12.8. The first kappa shape index (κ1) is 21.3. The summed E-state index contributed by atoms with van der Waals surface area (Å²) in [6, 6.07) is 6.17. The summed E-state index contributed by atoms with van der Waals surface area (Å²) in [5.41, 5.74) is 3.83. The second kappa shape index (κ2) is 9.45. The number of nitrogens with one attached hydrogen (secondary N) is 2. The summed E-state index contributed by atoms with van der Waals surface area (Å²) in [4.78, 5) is 17.9. The number of thiocarbonyl (C=S) groups is 1. The molecule has 6 nitrogen and oxygen atoms in total. The number of benzene rings is 1. The molecule has 3 heterocycles. The first-order valence-electron chi connectivity index (χ1n) is 10.9. The zero-order chi connectivity index (χ0) is 21.1. The monoisotopic (exact) mass is 429 g/mol. The molecule has 0 aliphatic carbocycles. The summed E-state index contributed by atoms with van der Waals surface area (Å²) in [5.74, 6) is 0. The normalized spacial score (nSPS) is 21.3. The number of aromatic amines is 1. The lowest BCUT2D eigenvalue weighted by atomic mass is 10.0. The van der Waals surface area contributed by atoms with Crippen molar-refractivity contribution < 1.29 is 9.47 Å². The molecule has 4 rings (SSSR count). The summed E-state index contributed by atoms with van der Waals surface area (Å²) in [6.07, 6.45) is 4.62. The number of H-pyrrole nitrogens is 1. The molecule has 2 aliphatic heterocycles. The van der Waals surface area contributed by atoms with Gasteiger partial charge in [0, 0.05) is 42.8 Å². The van der Waals surface area contributed by atoms with Crippen molar-refractivity contribution in [3.63, 3.8) is 0 Å². The number of nitrogens with zero attached hydrogens (tertiary/aromatic N) is 1. The molecule has 2 aromatic rings. The van der Waals surface area contributed by atoms with Gasteiger partial charge in [-0.15, -0.1) is 0 Å². The Morgan fingerprint density at radius 1 is 1.17 bits per heavy atom. The molecule has 2 fully saturated rings. The molecule has 0 radical (unpaired) electrons. The van der Waals surface area contributed by atoms with Gasteiger partial charge in [0.1, 0.15) is 0 Å². The number of ether oxygens (including phenoxy) is 2. The fraction of sp³-hybridized carbons (Fsp3) is 0.565. The molecule has 30 heavy (non-hydrogen) atoms. The van der Waals surface area contributed by atoms with Gasteiger partial charge in [-0.1, -0.05) is 6.07 Å². The van der Waals surface area contributed by atoms with Gasteiger partial charge >= 0.3 is 0 Å². The lowest BCUT2D eigenvalue weighted by molar-refractivity contribution is 0.0885. The molecule has 2 unspecified atom stereocenters. The van der Waals surface area contributed by atoms with Crippen LogP contribution in [0.2, 0.25) is 0 Å². The Balaban J connectivity index is 1.54. The van der Waals surface area contributed by atoms with Gasteiger partial charge in [0.2, 0.25) is 0 Å². The van der Waals surface area contributed by atoms with E-state index in [0.717, 1.165) is 60.9 Å². The second-order valence-electron chi connectivity index (χ2n) is 8.50. The van der Waals surface area contributed by atoms with Crippen molar-refractivity contribution in [2.45, 2.75) is 58.3 Å². The second-order valence-corrected chi connectivity index (χ2v) is 8.89. The molecule has 1 aromatic carbocycles. The molecular formula is C23H31N3O3S. The van der Waals surface area contributed by atoms with Crippen molar-refractivity contribution in [3.05, 3.63) is 45.2 Å². The van der Waals surface area contributed by atoms with E-state index >= 15 is 0 Å². The number of hydrogen-bond acceptors (Lipinski definition) is 4. The van der Waals surface area contributed by atoms with Gasteiger partial charge in [-0.3, -0.25) is 4.79 Å². The van der Waals surface area contributed by atoms with Crippen molar-refractivity contribution >= 4 is 28.2 Å². The zero-order valence-corrected chi connectivity index (χ0v) is 18.6. The summed E-state index contributed by atoms with van der Waals surface area (Å²) in [6.45, 7) is 7.58.